The van der Waals surface area contributed by atoms with Crippen LogP contribution < -0.4 is 14.8 Å². The molecule has 0 aromatic heterocycles. The zero-order chi connectivity index (χ0) is 26.8. The Morgan fingerprint density at radius 2 is 1.81 bits per heavy atom. The van der Waals surface area contributed by atoms with Gasteiger partial charge in [0.15, 0.2) is 0 Å². The molecule has 2 aromatic carbocycles. The van der Waals surface area contributed by atoms with Crippen LogP contribution in [0.25, 0.3) is 11.1 Å². The van der Waals surface area contributed by atoms with Crippen LogP contribution >= 0.6 is 0 Å². The Labute approximate surface area is 205 Å². The van der Waals surface area contributed by atoms with Crippen molar-refractivity contribution >= 4 is 15.7 Å². The van der Waals surface area contributed by atoms with Gasteiger partial charge in [0.2, 0.25) is 16.3 Å². The molecule has 1 saturated heterocycles. The number of aliphatic hydroxyl groups is 4. The van der Waals surface area contributed by atoms with Crippen molar-refractivity contribution < 1.29 is 51.5 Å². The summed E-state index contributed by atoms with van der Waals surface area (Å²) in [6.07, 6.45) is -11.2. The van der Waals surface area contributed by atoms with Gasteiger partial charge in [-0.2, -0.15) is 13.2 Å². The van der Waals surface area contributed by atoms with E-state index >= 15 is 0 Å². The number of aliphatic hydroxyl groups excluding tert-OH is 4. The molecule has 2 aromatic rings. The number of benzene rings is 2. The average molecular weight is 537 g/mol. The first kappa shape index (κ1) is 28.1. The monoisotopic (exact) mass is 536 g/mol. The summed E-state index contributed by atoms with van der Waals surface area (Å²) >= 11 is 0. The number of halogens is 3. The van der Waals surface area contributed by atoms with Crippen molar-refractivity contribution in [3.05, 3.63) is 48.0 Å². The molecule has 1 aliphatic heterocycles. The van der Waals surface area contributed by atoms with E-state index in [2.05, 4.69) is 10.0 Å². The van der Waals surface area contributed by atoms with Crippen LogP contribution in [0.4, 0.5) is 18.9 Å². The third kappa shape index (κ3) is 6.64. The number of hydrogen-bond donors (Lipinski definition) is 6. The highest BCUT2D eigenvalue weighted by molar-refractivity contribution is 7.92. The van der Waals surface area contributed by atoms with Crippen LogP contribution in [0.3, 0.4) is 0 Å². The number of alkyl halides is 3. The SMILES string of the molecule is CC(O)NC1C(O)[C@@H](O)C(CO)O[C@H]1Oc1cccc(C(F)(F)F)c1-c1cccc(NS(C)(=O)=O)c1. The van der Waals surface area contributed by atoms with Gasteiger partial charge in [-0.05, 0) is 36.8 Å². The lowest BCUT2D eigenvalue weighted by atomic mass is 9.96. The van der Waals surface area contributed by atoms with Gasteiger partial charge in [0.05, 0.1) is 18.4 Å². The Bertz CT molecular complexity index is 1160. The van der Waals surface area contributed by atoms with E-state index in [1.165, 1.54) is 37.3 Å². The Kier molecular flexibility index (Phi) is 8.50. The van der Waals surface area contributed by atoms with E-state index in [-0.39, 0.29) is 17.0 Å². The Hall–Kier alpha value is -2.46. The van der Waals surface area contributed by atoms with Crippen molar-refractivity contribution in [2.75, 3.05) is 17.6 Å². The summed E-state index contributed by atoms with van der Waals surface area (Å²) in [4.78, 5) is 0. The highest BCUT2D eigenvalue weighted by Gasteiger charge is 2.46. The average Bonchev–Trinajstić information content (AvgIpc) is 2.76. The minimum atomic E-state index is -4.83. The van der Waals surface area contributed by atoms with Crippen LogP contribution in [0.5, 0.6) is 5.75 Å². The molecule has 0 amide bonds. The number of nitrogens with one attached hydrogen (secondary N) is 2. The molecule has 36 heavy (non-hydrogen) atoms. The van der Waals surface area contributed by atoms with E-state index in [0.717, 1.165) is 18.4 Å². The van der Waals surface area contributed by atoms with Crippen LogP contribution in [-0.2, 0) is 20.9 Å². The molecule has 1 heterocycles. The maximum Gasteiger partial charge on any atom is 0.417 e. The smallest absolute Gasteiger partial charge is 0.417 e. The first-order chi connectivity index (χ1) is 16.7. The van der Waals surface area contributed by atoms with E-state index in [1.54, 1.807) is 0 Å². The number of hydrogen-bond acceptors (Lipinski definition) is 9. The second-order valence-corrected chi connectivity index (χ2v) is 10.1. The zero-order valence-corrected chi connectivity index (χ0v) is 20.0. The fourth-order valence-corrected chi connectivity index (χ4v) is 4.43. The predicted octanol–water partition coefficient (Wildman–Crippen LogP) is 0.858. The second kappa shape index (κ2) is 10.9. The number of anilines is 1. The molecule has 200 valence electrons. The summed E-state index contributed by atoms with van der Waals surface area (Å²) in [7, 11) is -3.72. The normalized spacial score (nSPS) is 25.9. The molecule has 0 spiro atoms. The summed E-state index contributed by atoms with van der Waals surface area (Å²) in [6, 6.07) is 7.07. The van der Waals surface area contributed by atoms with Gasteiger partial charge in [-0.3, -0.25) is 10.0 Å². The van der Waals surface area contributed by atoms with E-state index in [4.69, 9.17) is 9.47 Å². The van der Waals surface area contributed by atoms with Crippen LogP contribution in [0.1, 0.15) is 12.5 Å². The van der Waals surface area contributed by atoms with Crippen molar-refractivity contribution in [1.82, 2.24) is 5.32 Å². The summed E-state index contributed by atoms with van der Waals surface area (Å²) in [5.74, 6) is -0.344. The van der Waals surface area contributed by atoms with Crippen LogP contribution in [0.15, 0.2) is 42.5 Å². The third-order valence-electron chi connectivity index (χ3n) is 5.34. The van der Waals surface area contributed by atoms with Gasteiger partial charge in [0, 0.05) is 11.3 Å². The molecule has 1 fully saturated rings. The summed E-state index contributed by atoms with van der Waals surface area (Å²) < 4.78 is 78.7. The zero-order valence-electron chi connectivity index (χ0n) is 19.2. The molecule has 0 radical (unpaired) electrons. The summed E-state index contributed by atoms with van der Waals surface area (Å²) in [5.41, 5.74) is -1.56. The molecule has 10 nitrogen and oxygen atoms in total. The van der Waals surface area contributed by atoms with Gasteiger partial charge in [0.1, 0.15) is 36.3 Å². The molecule has 6 N–H and O–H groups in total. The van der Waals surface area contributed by atoms with E-state index < -0.39 is 70.8 Å². The number of ether oxygens (including phenoxy) is 2. The maximum absolute atomic E-state index is 14.0. The van der Waals surface area contributed by atoms with Crippen LogP contribution in [0.2, 0.25) is 0 Å². The van der Waals surface area contributed by atoms with Crippen molar-refractivity contribution in [2.24, 2.45) is 0 Å². The predicted molar refractivity (Wildman–Crippen MR) is 122 cm³/mol. The van der Waals surface area contributed by atoms with Crippen molar-refractivity contribution in [1.29, 1.82) is 0 Å². The molecule has 0 bridgehead atoms. The highest BCUT2D eigenvalue weighted by atomic mass is 32.2. The minimum absolute atomic E-state index is 0.0133. The molecular weight excluding hydrogens is 509 g/mol. The second-order valence-electron chi connectivity index (χ2n) is 8.32. The Morgan fingerprint density at radius 1 is 1.14 bits per heavy atom. The quantitative estimate of drug-likeness (QED) is 0.269. The van der Waals surface area contributed by atoms with Crippen molar-refractivity contribution in [2.45, 2.75) is 50.0 Å². The largest absolute Gasteiger partial charge is 0.462 e. The van der Waals surface area contributed by atoms with E-state index in [9.17, 15) is 42.0 Å². The first-order valence-electron chi connectivity index (χ1n) is 10.7. The van der Waals surface area contributed by atoms with Gasteiger partial charge in [-0.15, -0.1) is 0 Å². The van der Waals surface area contributed by atoms with Gasteiger partial charge in [0.25, 0.3) is 0 Å². The molecule has 0 aliphatic carbocycles. The maximum atomic E-state index is 14.0. The molecule has 4 unspecified atom stereocenters. The molecule has 6 atom stereocenters. The van der Waals surface area contributed by atoms with Crippen LogP contribution in [-0.4, -0.2) is 78.6 Å². The molecule has 3 rings (SSSR count). The lowest BCUT2D eigenvalue weighted by molar-refractivity contribution is -0.248. The van der Waals surface area contributed by atoms with Gasteiger partial charge < -0.3 is 29.9 Å². The lowest BCUT2D eigenvalue weighted by Gasteiger charge is -2.43. The van der Waals surface area contributed by atoms with E-state index in [0.29, 0.717) is 0 Å². The topological polar surface area (TPSA) is 158 Å². The Balaban J connectivity index is 2.11. The summed E-state index contributed by atoms with van der Waals surface area (Å²) in [5, 5.41) is 42.5. The van der Waals surface area contributed by atoms with Crippen molar-refractivity contribution in [3.63, 3.8) is 0 Å². The van der Waals surface area contributed by atoms with Crippen LogP contribution in [0, 0.1) is 0 Å². The molecule has 0 saturated carbocycles. The molecule has 14 heteroatoms. The van der Waals surface area contributed by atoms with Gasteiger partial charge >= 0.3 is 6.18 Å². The lowest BCUT2D eigenvalue weighted by Crippen LogP contribution is -2.65. The minimum Gasteiger partial charge on any atom is -0.462 e. The molecular formula is C22H27F3N2O8S. The number of sulfonamides is 1. The third-order valence-corrected chi connectivity index (χ3v) is 5.95. The van der Waals surface area contributed by atoms with Gasteiger partial charge in [-0.25, -0.2) is 8.42 Å². The Morgan fingerprint density at radius 3 is 2.39 bits per heavy atom. The highest BCUT2D eigenvalue weighted by Crippen LogP contribution is 2.43. The van der Waals surface area contributed by atoms with Gasteiger partial charge in [-0.1, -0.05) is 18.2 Å². The first-order valence-corrected chi connectivity index (χ1v) is 12.6. The standard InChI is InChI=1S/C22H27F3N2O8S/c1-11(29)26-18-20(31)19(30)16(10-28)35-21(18)34-15-8-4-7-14(22(23,24)25)17(15)12-5-3-6-13(9-12)27-36(2,32)33/h3-9,11,16,18-21,26-31H,10H2,1-2H3/t11?,16?,18?,19-,20?,21+/m0/s1. The number of rotatable bonds is 8. The fraction of sp³-hybridized carbons (Fsp3) is 0.455. The summed E-state index contributed by atoms with van der Waals surface area (Å²) in [6.45, 7) is 0.582. The van der Waals surface area contributed by atoms with Crippen molar-refractivity contribution in [3.8, 4) is 16.9 Å². The van der Waals surface area contributed by atoms with E-state index in [1.807, 2.05) is 0 Å². The molecule has 1 aliphatic rings. The fourth-order valence-electron chi connectivity index (χ4n) is 3.88.